The number of nitrogen functional groups attached to an aromatic ring is 1. The number of carbonyl (C=O) groups excluding carboxylic acids is 2. The Morgan fingerprint density at radius 1 is 1.48 bits per heavy atom. The van der Waals surface area contributed by atoms with Crippen molar-refractivity contribution in [2.24, 2.45) is 0 Å². The number of amides is 1. The maximum absolute atomic E-state index is 12.1. The molecular formula is C15H21N3O3. The molecule has 114 valence electrons. The third-order valence-corrected chi connectivity index (χ3v) is 3.65. The van der Waals surface area contributed by atoms with Gasteiger partial charge in [-0.05, 0) is 31.9 Å². The molecular weight excluding hydrogens is 270 g/mol. The Morgan fingerprint density at radius 3 is 2.90 bits per heavy atom. The topological polar surface area (TPSA) is 84.7 Å². The van der Waals surface area contributed by atoms with E-state index in [-0.39, 0.29) is 11.9 Å². The van der Waals surface area contributed by atoms with Crippen LogP contribution in [0.3, 0.4) is 0 Å². The molecule has 0 spiro atoms. The van der Waals surface area contributed by atoms with E-state index in [0.29, 0.717) is 30.1 Å². The molecule has 1 heterocycles. The van der Waals surface area contributed by atoms with Crippen molar-refractivity contribution in [2.75, 3.05) is 30.8 Å². The summed E-state index contributed by atoms with van der Waals surface area (Å²) in [5, 5.41) is 2.66. The van der Waals surface area contributed by atoms with Crippen LogP contribution in [0.5, 0.6) is 0 Å². The fraction of sp³-hybridized carbons (Fsp3) is 0.467. The van der Waals surface area contributed by atoms with E-state index in [4.69, 9.17) is 10.5 Å². The van der Waals surface area contributed by atoms with Crippen LogP contribution in [-0.4, -0.2) is 38.1 Å². The van der Waals surface area contributed by atoms with Gasteiger partial charge in [0.05, 0.1) is 23.5 Å². The zero-order chi connectivity index (χ0) is 15.4. The van der Waals surface area contributed by atoms with Gasteiger partial charge in [-0.15, -0.1) is 0 Å². The van der Waals surface area contributed by atoms with Crippen molar-refractivity contribution in [3.05, 3.63) is 23.8 Å². The Bertz CT molecular complexity index is 545. The fourth-order valence-corrected chi connectivity index (χ4v) is 2.73. The van der Waals surface area contributed by atoms with Crippen LogP contribution in [-0.2, 0) is 9.53 Å². The van der Waals surface area contributed by atoms with E-state index in [1.807, 2.05) is 4.90 Å². The summed E-state index contributed by atoms with van der Waals surface area (Å²) in [7, 11) is 1.61. The Balaban J connectivity index is 2.42. The molecule has 1 amide bonds. The summed E-state index contributed by atoms with van der Waals surface area (Å²) in [6, 6.07) is 4.84. The van der Waals surface area contributed by atoms with E-state index in [0.717, 1.165) is 12.8 Å². The largest absolute Gasteiger partial charge is 0.462 e. The van der Waals surface area contributed by atoms with Crippen LogP contribution in [0.15, 0.2) is 18.2 Å². The Morgan fingerprint density at radius 2 is 2.24 bits per heavy atom. The van der Waals surface area contributed by atoms with Gasteiger partial charge in [0.1, 0.15) is 6.04 Å². The van der Waals surface area contributed by atoms with Crippen molar-refractivity contribution >= 4 is 23.3 Å². The number of hydrogen-bond acceptors (Lipinski definition) is 5. The molecule has 1 unspecified atom stereocenters. The Hall–Kier alpha value is -2.24. The van der Waals surface area contributed by atoms with Crippen molar-refractivity contribution in [1.29, 1.82) is 0 Å². The third-order valence-electron chi connectivity index (χ3n) is 3.65. The summed E-state index contributed by atoms with van der Waals surface area (Å²) in [6.07, 6.45) is 1.63. The first-order chi connectivity index (χ1) is 10.1. The second-order valence-corrected chi connectivity index (χ2v) is 4.93. The molecule has 3 N–H and O–H groups in total. The van der Waals surface area contributed by atoms with Gasteiger partial charge >= 0.3 is 5.97 Å². The predicted octanol–water partition coefficient (Wildman–Crippen LogP) is 1.16. The van der Waals surface area contributed by atoms with E-state index in [1.165, 1.54) is 0 Å². The number of nitrogens with one attached hydrogen (secondary N) is 1. The highest BCUT2D eigenvalue weighted by Gasteiger charge is 2.33. The number of likely N-dealkylation sites (N-methyl/N-ethyl adjacent to an activating group) is 1. The number of hydrogen-bond donors (Lipinski definition) is 2. The molecule has 1 aliphatic heterocycles. The van der Waals surface area contributed by atoms with Crippen LogP contribution in [0.1, 0.15) is 30.1 Å². The van der Waals surface area contributed by atoms with E-state index in [9.17, 15) is 9.59 Å². The van der Waals surface area contributed by atoms with Gasteiger partial charge in [-0.1, -0.05) is 6.07 Å². The molecule has 0 saturated carbocycles. The second kappa shape index (κ2) is 6.47. The normalized spacial score (nSPS) is 17.6. The van der Waals surface area contributed by atoms with Gasteiger partial charge in [0.25, 0.3) is 0 Å². The summed E-state index contributed by atoms with van der Waals surface area (Å²) in [5.74, 6) is -0.479. The van der Waals surface area contributed by atoms with E-state index in [2.05, 4.69) is 5.32 Å². The van der Waals surface area contributed by atoms with Gasteiger partial charge < -0.3 is 20.7 Å². The smallest absolute Gasteiger partial charge is 0.340 e. The van der Waals surface area contributed by atoms with Crippen molar-refractivity contribution in [2.45, 2.75) is 25.8 Å². The van der Waals surface area contributed by atoms with Crippen molar-refractivity contribution < 1.29 is 14.3 Å². The van der Waals surface area contributed by atoms with Crippen molar-refractivity contribution in [3.63, 3.8) is 0 Å². The molecule has 0 radical (unpaired) electrons. The van der Waals surface area contributed by atoms with E-state index < -0.39 is 5.97 Å². The first-order valence-electron chi connectivity index (χ1n) is 7.14. The molecule has 0 aromatic heterocycles. The monoisotopic (exact) mass is 291 g/mol. The molecule has 1 fully saturated rings. The molecule has 1 aliphatic rings. The van der Waals surface area contributed by atoms with Gasteiger partial charge in [0.15, 0.2) is 0 Å². The third kappa shape index (κ3) is 2.94. The molecule has 6 nitrogen and oxygen atoms in total. The minimum Gasteiger partial charge on any atom is -0.462 e. The molecule has 1 atom stereocenters. The lowest BCUT2D eigenvalue weighted by molar-refractivity contribution is -0.121. The molecule has 1 aromatic rings. The van der Waals surface area contributed by atoms with Crippen LogP contribution < -0.4 is 16.0 Å². The quantitative estimate of drug-likeness (QED) is 0.642. The average molecular weight is 291 g/mol. The highest BCUT2D eigenvalue weighted by atomic mass is 16.5. The summed E-state index contributed by atoms with van der Waals surface area (Å²) in [4.78, 5) is 26.0. The van der Waals surface area contributed by atoms with Crippen LogP contribution in [0.2, 0.25) is 0 Å². The van der Waals surface area contributed by atoms with Crippen LogP contribution >= 0.6 is 0 Å². The lowest BCUT2D eigenvalue weighted by atomic mass is 10.1. The number of anilines is 2. The van der Waals surface area contributed by atoms with Gasteiger partial charge in [-0.2, -0.15) is 0 Å². The van der Waals surface area contributed by atoms with Gasteiger partial charge in [-0.25, -0.2) is 4.79 Å². The number of benzene rings is 1. The van der Waals surface area contributed by atoms with Crippen molar-refractivity contribution in [3.8, 4) is 0 Å². The maximum atomic E-state index is 12.1. The van der Waals surface area contributed by atoms with Crippen LogP contribution in [0, 0.1) is 0 Å². The summed E-state index contributed by atoms with van der Waals surface area (Å²) in [5.41, 5.74) is 7.55. The number of para-hydroxylation sites is 1. The van der Waals surface area contributed by atoms with Gasteiger partial charge in [-0.3, -0.25) is 4.79 Å². The lowest BCUT2D eigenvalue weighted by Gasteiger charge is -2.28. The van der Waals surface area contributed by atoms with Crippen LogP contribution in [0.4, 0.5) is 11.4 Å². The zero-order valence-electron chi connectivity index (χ0n) is 12.4. The summed E-state index contributed by atoms with van der Waals surface area (Å²) in [6.45, 7) is 2.75. The van der Waals surface area contributed by atoms with Crippen molar-refractivity contribution in [1.82, 2.24) is 5.32 Å². The molecule has 1 saturated heterocycles. The number of ether oxygens (including phenoxy) is 1. The molecule has 0 bridgehead atoms. The molecule has 0 aliphatic carbocycles. The van der Waals surface area contributed by atoms with E-state index >= 15 is 0 Å². The van der Waals surface area contributed by atoms with E-state index in [1.54, 1.807) is 32.2 Å². The number of rotatable bonds is 4. The van der Waals surface area contributed by atoms with Gasteiger partial charge in [0, 0.05) is 13.6 Å². The highest BCUT2D eigenvalue weighted by molar-refractivity contribution is 6.00. The maximum Gasteiger partial charge on any atom is 0.340 e. The molecule has 21 heavy (non-hydrogen) atoms. The van der Waals surface area contributed by atoms with Crippen LogP contribution in [0.25, 0.3) is 0 Å². The minimum absolute atomic E-state index is 0.0643. The number of nitrogens with zero attached hydrogens (tertiary/aromatic N) is 1. The molecule has 1 aromatic carbocycles. The average Bonchev–Trinajstić information content (AvgIpc) is 2.95. The first kappa shape index (κ1) is 15.2. The predicted molar refractivity (Wildman–Crippen MR) is 81.2 cm³/mol. The zero-order valence-corrected chi connectivity index (χ0v) is 12.4. The minimum atomic E-state index is -0.414. The summed E-state index contributed by atoms with van der Waals surface area (Å²) < 4.78 is 5.08. The highest BCUT2D eigenvalue weighted by Crippen LogP contribution is 2.34. The summed E-state index contributed by atoms with van der Waals surface area (Å²) >= 11 is 0. The second-order valence-electron chi connectivity index (χ2n) is 4.93. The Kier molecular flexibility index (Phi) is 4.67. The number of esters is 1. The number of carbonyl (C=O) groups is 2. The number of nitrogens with two attached hydrogens (primary N) is 1. The molecule has 2 rings (SSSR count). The standard InChI is InChI=1S/C15H21N3O3/c1-3-21-15(20)10-6-4-7-11(16)13(10)18-9-5-8-12(18)14(19)17-2/h4,6-7,12H,3,5,8-9,16H2,1-2H3,(H,17,19). The SMILES string of the molecule is CCOC(=O)c1cccc(N)c1N1CCCC1C(=O)NC. The molecule has 6 heteroatoms. The van der Waals surface area contributed by atoms with Gasteiger partial charge in [0.2, 0.25) is 5.91 Å². The first-order valence-corrected chi connectivity index (χ1v) is 7.14. The lowest BCUT2D eigenvalue weighted by Crippen LogP contribution is -2.42. The fourth-order valence-electron chi connectivity index (χ4n) is 2.73. The Labute approximate surface area is 124 Å².